The first-order valence-corrected chi connectivity index (χ1v) is 7.66. The number of rotatable bonds is 6. The van der Waals surface area contributed by atoms with Crippen molar-refractivity contribution in [3.63, 3.8) is 0 Å². The number of urea groups is 1. The highest BCUT2D eigenvalue weighted by Crippen LogP contribution is 2.30. The Labute approximate surface area is 121 Å². The van der Waals surface area contributed by atoms with Gasteiger partial charge in [-0.3, -0.25) is 0 Å². The quantitative estimate of drug-likeness (QED) is 0.763. The predicted molar refractivity (Wildman–Crippen MR) is 78.7 cm³/mol. The molecule has 1 atom stereocenters. The molecule has 0 aliphatic carbocycles. The number of hydrogen-bond donors (Lipinski definition) is 1. The van der Waals surface area contributed by atoms with E-state index >= 15 is 0 Å². The summed E-state index contributed by atoms with van der Waals surface area (Å²) in [5.74, 6) is -0.902. The minimum atomic E-state index is -1.05. The zero-order valence-electron chi connectivity index (χ0n) is 13.2. The summed E-state index contributed by atoms with van der Waals surface area (Å²) in [5.41, 5.74) is -1.05. The first-order chi connectivity index (χ1) is 9.34. The molecule has 1 rings (SSSR count). The number of carboxylic acid groups (broad SMARTS) is 1. The van der Waals surface area contributed by atoms with Crippen LogP contribution in [0.4, 0.5) is 4.79 Å². The third-order valence-corrected chi connectivity index (χ3v) is 4.20. The summed E-state index contributed by atoms with van der Waals surface area (Å²) >= 11 is 0. The zero-order chi connectivity index (χ0) is 15.3. The van der Waals surface area contributed by atoms with Crippen LogP contribution >= 0.6 is 0 Å². The lowest BCUT2D eigenvalue weighted by Gasteiger charge is -2.37. The molecule has 1 unspecified atom stereocenters. The molecule has 116 valence electrons. The normalized spacial score (nSPS) is 22.4. The predicted octanol–water partition coefficient (Wildman–Crippen LogP) is 2.95. The molecule has 0 aromatic rings. The van der Waals surface area contributed by atoms with Crippen molar-refractivity contribution in [3.8, 4) is 0 Å². The highest BCUT2D eigenvalue weighted by Gasteiger charge is 2.47. The third kappa shape index (κ3) is 3.44. The number of unbranched alkanes of at least 4 members (excludes halogenated alkanes) is 2. The summed E-state index contributed by atoms with van der Waals surface area (Å²) in [6.07, 6.45) is 4.46. The van der Waals surface area contributed by atoms with Crippen molar-refractivity contribution in [3.05, 3.63) is 0 Å². The second kappa shape index (κ2) is 6.95. The highest BCUT2D eigenvalue weighted by molar-refractivity contribution is 5.86. The van der Waals surface area contributed by atoms with Gasteiger partial charge < -0.3 is 14.9 Å². The average Bonchev–Trinajstić information content (AvgIpc) is 2.77. The first-order valence-electron chi connectivity index (χ1n) is 7.66. The molecule has 0 spiro atoms. The molecular weight excluding hydrogens is 256 g/mol. The maximum absolute atomic E-state index is 12.7. The fourth-order valence-corrected chi connectivity index (χ4v) is 2.75. The number of carboxylic acids is 1. The molecule has 0 radical (unpaired) electrons. The van der Waals surface area contributed by atoms with Gasteiger partial charge in [-0.25, -0.2) is 9.59 Å². The fourth-order valence-electron chi connectivity index (χ4n) is 2.75. The van der Waals surface area contributed by atoms with Gasteiger partial charge in [-0.15, -0.1) is 0 Å². The lowest BCUT2D eigenvalue weighted by Crippen LogP contribution is -2.56. The van der Waals surface area contributed by atoms with E-state index in [9.17, 15) is 14.7 Å². The van der Waals surface area contributed by atoms with Crippen molar-refractivity contribution in [2.75, 3.05) is 13.1 Å². The van der Waals surface area contributed by atoms with Crippen LogP contribution in [0.2, 0.25) is 0 Å². The summed E-state index contributed by atoms with van der Waals surface area (Å²) in [4.78, 5) is 27.5. The van der Waals surface area contributed by atoms with Crippen LogP contribution in [0, 0.1) is 0 Å². The molecule has 0 aromatic heterocycles. The van der Waals surface area contributed by atoms with Crippen LogP contribution in [-0.2, 0) is 4.79 Å². The number of amides is 2. The van der Waals surface area contributed by atoms with Crippen LogP contribution in [0.1, 0.15) is 59.8 Å². The van der Waals surface area contributed by atoms with E-state index in [4.69, 9.17) is 0 Å². The van der Waals surface area contributed by atoms with E-state index in [0.29, 0.717) is 19.5 Å². The molecule has 5 heteroatoms. The van der Waals surface area contributed by atoms with E-state index in [-0.39, 0.29) is 12.1 Å². The van der Waals surface area contributed by atoms with Gasteiger partial charge in [0, 0.05) is 19.1 Å². The van der Waals surface area contributed by atoms with Crippen molar-refractivity contribution < 1.29 is 14.7 Å². The van der Waals surface area contributed by atoms with Crippen molar-refractivity contribution >= 4 is 12.0 Å². The number of nitrogens with zero attached hydrogens (tertiary/aromatic N) is 2. The lowest BCUT2D eigenvalue weighted by molar-refractivity contribution is -0.147. The second-order valence-corrected chi connectivity index (χ2v) is 6.11. The lowest BCUT2D eigenvalue weighted by atomic mass is 9.99. The first kappa shape index (κ1) is 16.8. The average molecular weight is 284 g/mol. The zero-order valence-corrected chi connectivity index (χ0v) is 13.2. The van der Waals surface area contributed by atoms with Crippen molar-refractivity contribution in [1.82, 2.24) is 9.80 Å². The van der Waals surface area contributed by atoms with Crippen LogP contribution in [-0.4, -0.2) is 51.6 Å². The molecule has 0 bridgehead atoms. The van der Waals surface area contributed by atoms with Gasteiger partial charge in [0.1, 0.15) is 5.54 Å². The highest BCUT2D eigenvalue weighted by atomic mass is 16.4. The van der Waals surface area contributed by atoms with Crippen LogP contribution in [0.15, 0.2) is 0 Å². The number of carbonyl (C=O) groups is 2. The Bertz CT molecular complexity index is 357. The van der Waals surface area contributed by atoms with Crippen LogP contribution in [0.25, 0.3) is 0 Å². The van der Waals surface area contributed by atoms with Gasteiger partial charge in [0.15, 0.2) is 0 Å². The molecule has 5 nitrogen and oxygen atoms in total. The van der Waals surface area contributed by atoms with Crippen molar-refractivity contribution in [2.24, 2.45) is 0 Å². The van der Waals surface area contributed by atoms with Gasteiger partial charge >= 0.3 is 12.0 Å². The van der Waals surface area contributed by atoms with Crippen LogP contribution in [0.3, 0.4) is 0 Å². The Morgan fingerprint density at radius 3 is 2.50 bits per heavy atom. The number of aliphatic carboxylic acids is 1. The summed E-state index contributed by atoms with van der Waals surface area (Å²) in [7, 11) is 0. The number of likely N-dealkylation sites (tertiary alicyclic amines) is 1. The van der Waals surface area contributed by atoms with Crippen molar-refractivity contribution in [2.45, 2.75) is 71.4 Å². The number of hydrogen-bond acceptors (Lipinski definition) is 2. The maximum Gasteiger partial charge on any atom is 0.329 e. The van der Waals surface area contributed by atoms with Crippen LogP contribution in [0.5, 0.6) is 0 Å². The standard InChI is InChI=1S/C15H28N2O3/c1-5-6-7-10-16(12(2)3)14(20)17-11-8-9-15(17,4)13(18)19/h12H,5-11H2,1-4H3,(H,18,19). The van der Waals surface area contributed by atoms with Crippen LogP contribution < -0.4 is 0 Å². The Morgan fingerprint density at radius 2 is 2.00 bits per heavy atom. The topological polar surface area (TPSA) is 60.9 Å². The molecule has 0 aromatic carbocycles. The third-order valence-electron chi connectivity index (χ3n) is 4.20. The van der Waals surface area contributed by atoms with E-state index in [0.717, 1.165) is 25.7 Å². The largest absolute Gasteiger partial charge is 0.480 e. The van der Waals surface area contributed by atoms with Gasteiger partial charge in [-0.2, -0.15) is 0 Å². The Kier molecular flexibility index (Phi) is 5.84. The molecular formula is C15H28N2O3. The van der Waals surface area contributed by atoms with E-state index in [2.05, 4.69) is 6.92 Å². The van der Waals surface area contributed by atoms with E-state index < -0.39 is 11.5 Å². The van der Waals surface area contributed by atoms with E-state index in [1.165, 1.54) is 0 Å². The minimum absolute atomic E-state index is 0.0954. The molecule has 1 N–H and O–H groups in total. The summed E-state index contributed by atoms with van der Waals surface area (Å²) in [6.45, 7) is 9.00. The van der Waals surface area contributed by atoms with E-state index in [1.54, 1.807) is 11.8 Å². The maximum atomic E-state index is 12.7. The molecule has 1 heterocycles. The Balaban J connectivity index is 2.81. The van der Waals surface area contributed by atoms with Gasteiger partial charge in [-0.1, -0.05) is 19.8 Å². The molecule has 1 aliphatic heterocycles. The van der Waals surface area contributed by atoms with Crippen molar-refractivity contribution in [1.29, 1.82) is 0 Å². The summed E-state index contributed by atoms with van der Waals surface area (Å²) < 4.78 is 0. The molecule has 2 amide bonds. The Morgan fingerprint density at radius 1 is 1.35 bits per heavy atom. The van der Waals surface area contributed by atoms with Gasteiger partial charge in [0.25, 0.3) is 0 Å². The molecule has 1 saturated heterocycles. The summed E-state index contributed by atoms with van der Waals surface area (Å²) in [6, 6.07) is -0.0310. The van der Waals surface area contributed by atoms with Gasteiger partial charge in [0.2, 0.25) is 0 Å². The van der Waals surface area contributed by atoms with E-state index in [1.807, 2.05) is 18.7 Å². The fraction of sp³-hybridized carbons (Fsp3) is 0.867. The van der Waals surface area contributed by atoms with Gasteiger partial charge in [0.05, 0.1) is 0 Å². The number of carbonyl (C=O) groups excluding carboxylic acids is 1. The second-order valence-electron chi connectivity index (χ2n) is 6.11. The minimum Gasteiger partial charge on any atom is -0.480 e. The molecule has 20 heavy (non-hydrogen) atoms. The summed E-state index contributed by atoms with van der Waals surface area (Å²) in [5, 5.41) is 9.41. The van der Waals surface area contributed by atoms with Gasteiger partial charge in [-0.05, 0) is 40.0 Å². The monoisotopic (exact) mass is 284 g/mol. The molecule has 1 fully saturated rings. The SMILES string of the molecule is CCCCCN(C(=O)N1CCCC1(C)C(=O)O)C(C)C. The Hall–Kier alpha value is -1.26. The molecule has 1 aliphatic rings. The smallest absolute Gasteiger partial charge is 0.329 e. The molecule has 0 saturated carbocycles.